The summed E-state index contributed by atoms with van der Waals surface area (Å²) in [7, 11) is 0. The van der Waals surface area contributed by atoms with Gasteiger partial charge >= 0.3 is 5.97 Å². The molecule has 0 bridgehead atoms. The summed E-state index contributed by atoms with van der Waals surface area (Å²) in [6.45, 7) is 1.47. The molecule has 7 nitrogen and oxygen atoms in total. The van der Waals surface area contributed by atoms with E-state index in [1.54, 1.807) is 24.3 Å². The summed E-state index contributed by atoms with van der Waals surface area (Å²) in [6.07, 6.45) is 1.26. The number of H-pyrrole nitrogens is 1. The van der Waals surface area contributed by atoms with Crippen LogP contribution in [0.3, 0.4) is 0 Å². The van der Waals surface area contributed by atoms with E-state index in [1.807, 2.05) is 6.92 Å². The summed E-state index contributed by atoms with van der Waals surface area (Å²) in [5.41, 5.74) is 1.59. The number of nitrogens with one attached hydrogen (secondary N) is 1. The van der Waals surface area contributed by atoms with Crippen molar-refractivity contribution in [2.24, 2.45) is 0 Å². The minimum Gasteiger partial charge on any atom is -0.480 e. The molecule has 19 heavy (non-hydrogen) atoms. The van der Waals surface area contributed by atoms with E-state index in [-0.39, 0.29) is 5.69 Å². The van der Waals surface area contributed by atoms with Gasteiger partial charge < -0.3 is 5.11 Å². The van der Waals surface area contributed by atoms with Gasteiger partial charge in [0, 0.05) is 5.69 Å². The molecule has 0 aliphatic heterocycles. The van der Waals surface area contributed by atoms with Gasteiger partial charge in [0.15, 0.2) is 5.69 Å². The molecule has 0 atom stereocenters. The molecule has 0 unspecified atom stereocenters. The lowest BCUT2D eigenvalue weighted by Crippen LogP contribution is -2.36. The predicted molar refractivity (Wildman–Crippen MR) is 66.9 cm³/mol. The highest BCUT2D eigenvalue weighted by molar-refractivity contribution is 6.06. The summed E-state index contributed by atoms with van der Waals surface area (Å²) in [5.74, 6) is -1.61. The second-order valence-electron chi connectivity index (χ2n) is 3.98. The van der Waals surface area contributed by atoms with Crippen LogP contribution in [0.2, 0.25) is 0 Å². The standard InChI is InChI=1S/C12H12N4O3/c1-8-2-4-9(5-3-8)16(7-11(17)18)12(19)10-6-13-15-14-10/h2-6H,7H2,1H3,(H,17,18)(H,13,14,15). The number of anilines is 1. The average molecular weight is 260 g/mol. The molecule has 0 radical (unpaired) electrons. The number of carbonyl (C=O) groups is 2. The van der Waals surface area contributed by atoms with Gasteiger partial charge in [-0.1, -0.05) is 17.7 Å². The van der Waals surface area contributed by atoms with Crippen molar-refractivity contribution in [2.45, 2.75) is 6.92 Å². The van der Waals surface area contributed by atoms with Crippen LogP contribution < -0.4 is 4.90 Å². The molecule has 1 heterocycles. The third-order valence-electron chi connectivity index (χ3n) is 2.52. The van der Waals surface area contributed by atoms with E-state index in [0.29, 0.717) is 5.69 Å². The summed E-state index contributed by atoms with van der Waals surface area (Å²) in [4.78, 5) is 24.2. The maximum Gasteiger partial charge on any atom is 0.323 e. The molecule has 7 heteroatoms. The first kappa shape index (κ1) is 12.7. The van der Waals surface area contributed by atoms with Gasteiger partial charge in [-0.25, -0.2) is 0 Å². The van der Waals surface area contributed by atoms with E-state index in [0.717, 1.165) is 10.5 Å². The second-order valence-corrected chi connectivity index (χ2v) is 3.98. The molecule has 1 amide bonds. The number of carbonyl (C=O) groups excluding carboxylic acids is 1. The van der Waals surface area contributed by atoms with Crippen LogP contribution in [-0.2, 0) is 4.79 Å². The van der Waals surface area contributed by atoms with Crippen LogP contribution in [0.15, 0.2) is 30.5 Å². The van der Waals surface area contributed by atoms with Gasteiger partial charge in [0.25, 0.3) is 5.91 Å². The number of carboxylic acid groups (broad SMARTS) is 1. The molecule has 0 aliphatic rings. The zero-order chi connectivity index (χ0) is 13.8. The Morgan fingerprint density at radius 1 is 1.32 bits per heavy atom. The predicted octanol–water partition coefficient (Wildman–Crippen LogP) is 0.845. The molecule has 0 fully saturated rings. The fourth-order valence-electron chi connectivity index (χ4n) is 1.58. The van der Waals surface area contributed by atoms with E-state index >= 15 is 0 Å². The van der Waals surface area contributed by atoms with Crippen LogP contribution in [0.1, 0.15) is 16.1 Å². The number of carboxylic acids is 1. The Bertz CT molecular complexity index is 578. The minimum absolute atomic E-state index is 0.0711. The van der Waals surface area contributed by atoms with E-state index < -0.39 is 18.4 Å². The van der Waals surface area contributed by atoms with Gasteiger partial charge in [0.1, 0.15) is 6.54 Å². The first-order chi connectivity index (χ1) is 9.08. The normalized spacial score (nSPS) is 10.2. The van der Waals surface area contributed by atoms with Crippen molar-refractivity contribution in [1.29, 1.82) is 0 Å². The largest absolute Gasteiger partial charge is 0.480 e. The molecular weight excluding hydrogens is 248 g/mol. The van der Waals surface area contributed by atoms with E-state index in [4.69, 9.17) is 5.11 Å². The van der Waals surface area contributed by atoms with Crippen molar-refractivity contribution >= 4 is 17.6 Å². The zero-order valence-electron chi connectivity index (χ0n) is 10.2. The van der Waals surface area contributed by atoms with Crippen molar-refractivity contribution in [3.05, 3.63) is 41.7 Å². The fourth-order valence-corrected chi connectivity index (χ4v) is 1.58. The molecule has 1 aromatic carbocycles. The summed E-state index contributed by atoms with van der Waals surface area (Å²) in [6, 6.07) is 6.99. The fraction of sp³-hybridized carbons (Fsp3) is 0.167. The Kier molecular flexibility index (Phi) is 3.56. The van der Waals surface area contributed by atoms with Crippen LogP contribution in [0.5, 0.6) is 0 Å². The molecule has 2 rings (SSSR count). The SMILES string of the molecule is Cc1ccc(N(CC(=O)O)C(=O)c2cn[nH]n2)cc1. The Morgan fingerprint density at radius 2 is 2.00 bits per heavy atom. The number of aryl methyl sites for hydroxylation is 1. The van der Waals surface area contributed by atoms with Crippen molar-refractivity contribution in [3.63, 3.8) is 0 Å². The topological polar surface area (TPSA) is 99.2 Å². The number of benzene rings is 1. The Balaban J connectivity index is 2.33. The van der Waals surface area contributed by atoms with E-state index in [2.05, 4.69) is 15.4 Å². The maximum absolute atomic E-state index is 12.2. The number of aromatic nitrogens is 3. The third-order valence-corrected chi connectivity index (χ3v) is 2.52. The van der Waals surface area contributed by atoms with Crippen molar-refractivity contribution in [2.75, 3.05) is 11.4 Å². The summed E-state index contributed by atoms with van der Waals surface area (Å²) < 4.78 is 0. The molecule has 0 aliphatic carbocycles. The van der Waals surface area contributed by atoms with Crippen LogP contribution >= 0.6 is 0 Å². The Hall–Kier alpha value is -2.70. The molecule has 0 saturated carbocycles. The van der Waals surface area contributed by atoms with Gasteiger partial charge in [0.2, 0.25) is 0 Å². The number of aromatic amines is 1. The van der Waals surface area contributed by atoms with Crippen LogP contribution in [0.4, 0.5) is 5.69 Å². The highest BCUT2D eigenvalue weighted by Gasteiger charge is 2.22. The smallest absolute Gasteiger partial charge is 0.323 e. The number of aliphatic carboxylic acids is 1. The number of rotatable bonds is 4. The molecular formula is C12H12N4O3. The van der Waals surface area contributed by atoms with E-state index in [1.165, 1.54) is 6.20 Å². The number of nitrogens with zero attached hydrogens (tertiary/aromatic N) is 3. The number of hydrogen-bond donors (Lipinski definition) is 2. The summed E-state index contributed by atoms with van der Waals surface area (Å²) >= 11 is 0. The van der Waals surface area contributed by atoms with Gasteiger partial charge in [-0.2, -0.15) is 15.4 Å². The number of hydrogen-bond acceptors (Lipinski definition) is 4. The zero-order valence-corrected chi connectivity index (χ0v) is 10.2. The van der Waals surface area contributed by atoms with Crippen molar-refractivity contribution in [3.8, 4) is 0 Å². The third kappa shape index (κ3) is 2.95. The van der Waals surface area contributed by atoms with Gasteiger partial charge in [0.05, 0.1) is 6.20 Å². The van der Waals surface area contributed by atoms with Gasteiger partial charge in [-0.05, 0) is 19.1 Å². The molecule has 98 valence electrons. The van der Waals surface area contributed by atoms with Crippen molar-refractivity contribution in [1.82, 2.24) is 15.4 Å². The Labute approximate surface area is 108 Å². The lowest BCUT2D eigenvalue weighted by Gasteiger charge is -2.19. The van der Waals surface area contributed by atoms with Crippen LogP contribution in [0.25, 0.3) is 0 Å². The summed E-state index contributed by atoms with van der Waals surface area (Å²) in [5, 5.41) is 18.4. The molecule has 0 spiro atoms. The molecule has 2 aromatic rings. The van der Waals surface area contributed by atoms with Gasteiger partial charge in [-0.3, -0.25) is 14.5 Å². The second kappa shape index (κ2) is 5.30. The lowest BCUT2D eigenvalue weighted by atomic mass is 10.2. The maximum atomic E-state index is 12.2. The minimum atomic E-state index is -1.10. The van der Waals surface area contributed by atoms with Crippen LogP contribution in [0, 0.1) is 6.92 Å². The monoisotopic (exact) mass is 260 g/mol. The average Bonchev–Trinajstić information content (AvgIpc) is 2.90. The highest BCUT2D eigenvalue weighted by Crippen LogP contribution is 2.17. The first-order valence-corrected chi connectivity index (χ1v) is 5.54. The lowest BCUT2D eigenvalue weighted by molar-refractivity contribution is -0.135. The molecule has 1 aromatic heterocycles. The van der Waals surface area contributed by atoms with Crippen LogP contribution in [-0.4, -0.2) is 38.9 Å². The van der Waals surface area contributed by atoms with Crippen molar-refractivity contribution < 1.29 is 14.7 Å². The quantitative estimate of drug-likeness (QED) is 0.848. The highest BCUT2D eigenvalue weighted by atomic mass is 16.4. The molecule has 2 N–H and O–H groups in total. The van der Waals surface area contributed by atoms with Gasteiger partial charge in [-0.15, -0.1) is 0 Å². The Morgan fingerprint density at radius 3 is 2.53 bits per heavy atom. The molecule has 0 saturated heterocycles. The van der Waals surface area contributed by atoms with E-state index in [9.17, 15) is 9.59 Å². The first-order valence-electron chi connectivity index (χ1n) is 5.54. The number of amides is 1.